The number of carboxylic acid groups (broad SMARTS) is 2. The van der Waals surface area contributed by atoms with Crippen molar-refractivity contribution in [3.05, 3.63) is 0 Å². The van der Waals surface area contributed by atoms with Crippen LogP contribution in [0.5, 0.6) is 0 Å². The number of carbonyl (C=O) groups is 2. The van der Waals surface area contributed by atoms with Crippen LogP contribution in [-0.4, -0.2) is 11.9 Å². The Balaban J connectivity index is 0. The Labute approximate surface area is 98.3 Å². The van der Waals surface area contributed by atoms with Gasteiger partial charge in [0.25, 0.3) is 0 Å². The zero-order valence-corrected chi connectivity index (χ0v) is 9.91. The second-order valence-corrected chi connectivity index (χ2v) is 0.575. The van der Waals surface area contributed by atoms with Crippen molar-refractivity contribution in [2.75, 3.05) is 0 Å². The van der Waals surface area contributed by atoms with Gasteiger partial charge in [-0.05, 0) is 0 Å². The van der Waals surface area contributed by atoms with Gasteiger partial charge in [-0.2, -0.15) is 0 Å². The summed E-state index contributed by atoms with van der Waals surface area (Å²) in [6.45, 7) is 0. The second kappa shape index (κ2) is 5.13. The summed E-state index contributed by atoms with van der Waals surface area (Å²) in [5.74, 6) is -4.37. The first kappa shape index (κ1) is 10.9. The van der Waals surface area contributed by atoms with Gasteiger partial charge in [0.1, 0.15) is 0 Å². The summed E-state index contributed by atoms with van der Waals surface area (Å²) >= 11 is 0. The van der Waals surface area contributed by atoms with E-state index in [2.05, 4.69) is 0 Å². The normalized spacial score (nSPS) is 6.29. The van der Waals surface area contributed by atoms with E-state index in [1.165, 1.54) is 0 Å². The van der Waals surface area contributed by atoms with Crippen molar-refractivity contribution in [3.63, 3.8) is 0 Å². The number of carbonyl (C=O) groups excluding carboxylic acids is 2. The first-order valence-electron chi connectivity index (χ1n) is 1.07. The molecule has 7 heavy (non-hydrogen) atoms. The molecule has 0 radical (unpaired) electrons. The van der Waals surface area contributed by atoms with Crippen molar-refractivity contribution >= 4 is 11.9 Å². The molecule has 5 heteroatoms. The summed E-state index contributed by atoms with van der Waals surface area (Å²) in [7, 11) is 0. The van der Waals surface area contributed by atoms with Crippen LogP contribution in [0.3, 0.4) is 0 Å². The number of rotatable bonds is 0. The minimum atomic E-state index is -2.19. The van der Waals surface area contributed by atoms with Crippen LogP contribution >= 0.6 is 0 Å². The Morgan fingerprint density at radius 2 is 1.14 bits per heavy atom. The van der Waals surface area contributed by atoms with Crippen LogP contribution in [0.1, 0.15) is 0 Å². The van der Waals surface area contributed by atoms with Gasteiger partial charge in [-0.15, -0.1) is 0 Å². The molecule has 0 atom stereocenters. The zero-order chi connectivity index (χ0) is 5.15. The predicted octanol–water partition coefficient (Wildman–Crippen LogP) is -6.51. The largest absolute Gasteiger partial charge is 1.00 e. The molecular weight excluding hydrogens is 221 g/mol. The first-order chi connectivity index (χ1) is 2.64. The molecule has 0 aromatic rings. The molecule has 4 nitrogen and oxygen atoms in total. The van der Waals surface area contributed by atoms with E-state index >= 15 is 0 Å². The van der Waals surface area contributed by atoms with Gasteiger partial charge in [0, 0.05) is 0 Å². The fourth-order valence-corrected chi connectivity index (χ4v) is 0. The average molecular weight is 221 g/mol. The third kappa shape index (κ3) is 6.99. The van der Waals surface area contributed by atoms with Crippen LogP contribution < -0.4 is 79.1 Å². The SMILES string of the molecule is O=C([O-])C(=O)[O-].[Cs+]. The van der Waals surface area contributed by atoms with Gasteiger partial charge in [0.05, 0.1) is 11.9 Å². The van der Waals surface area contributed by atoms with E-state index in [1.807, 2.05) is 0 Å². The fraction of sp³-hybridized carbons (Fsp3) is 0. The summed E-state index contributed by atoms with van der Waals surface area (Å²) in [6, 6.07) is 0. The summed E-state index contributed by atoms with van der Waals surface area (Å²) < 4.78 is 0. The van der Waals surface area contributed by atoms with Gasteiger partial charge in [0.15, 0.2) is 0 Å². The molecule has 0 aliphatic carbocycles. The van der Waals surface area contributed by atoms with Crippen molar-refractivity contribution in [3.8, 4) is 0 Å². The van der Waals surface area contributed by atoms with E-state index in [4.69, 9.17) is 19.8 Å². The van der Waals surface area contributed by atoms with Crippen LogP contribution in [0.4, 0.5) is 0 Å². The second-order valence-electron chi connectivity index (χ2n) is 0.575. The number of hydrogen-bond acceptors (Lipinski definition) is 4. The van der Waals surface area contributed by atoms with Gasteiger partial charge in [0.2, 0.25) is 0 Å². The quantitative estimate of drug-likeness (QED) is 0.381. The molecule has 0 saturated carbocycles. The summed E-state index contributed by atoms with van der Waals surface area (Å²) in [4.78, 5) is 17.9. The molecule has 0 heterocycles. The van der Waals surface area contributed by atoms with Crippen LogP contribution in [-0.2, 0) is 9.59 Å². The maximum atomic E-state index is 8.93. The van der Waals surface area contributed by atoms with E-state index in [0.717, 1.165) is 0 Å². The van der Waals surface area contributed by atoms with Crippen molar-refractivity contribution in [2.45, 2.75) is 0 Å². The van der Waals surface area contributed by atoms with Crippen molar-refractivity contribution in [1.29, 1.82) is 0 Å². The van der Waals surface area contributed by atoms with E-state index in [0.29, 0.717) is 0 Å². The topological polar surface area (TPSA) is 80.3 Å². The van der Waals surface area contributed by atoms with E-state index < -0.39 is 11.9 Å². The molecule has 0 fully saturated rings. The van der Waals surface area contributed by atoms with Gasteiger partial charge < -0.3 is 19.8 Å². The molecule has 0 bridgehead atoms. The molecule has 0 N–H and O–H groups in total. The number of carboxylic acids is 2. The van der Waals surface area contributed by atoms with Crippen molar-refractivity contribution in [2.24, 2.45) is 0 Å². The van der Waals surface area contributed by atoms with Crippen LogP contribution in [0.25, 0.3) is 0 Å². The maximum absolute atomic E-state index is 8.93. The Morgan fingerprint density at radius 1 is 1.00 bits per heavy atom. The zero-order valence-electron chi connectivity index (χ0n) is 3.63. The van der Waals surface area contributed by atoms with Gasteiger partial charge in [-0.3, -0.25) is 0 Å². The molecule has 0 saturated heterocycles. The molecule has 34 valence electrons. The molecule has 0 aromatic carbocycles. The monoisotopic (exact) mass is 221 g/mol. The Hall–Kier alpha value is 0.992. The van der Waals surface area contributed by atoms with Gasteiger partial charge >= 0.3 is 68.9 Å². The third-order valence-corrected chi connectivity index (χ3v) is 0.167. The fourth-order valence-electron chi connectivity index (χ4n) is 0. The summed E-state index contributed by atoms with van der Waals surface area (Å²) in [5, 5.41) is 17.9. The standard InChI is InChI=1S/C2H2O4.Cs/c3-1(4)2(5)6;/h(H,3,4)(H,5,6);/q;+1/p-2. The minimum absolute atomic E-state index is 0. The molecule has 0 aliphatic rings. The van der Waals surface area contributed by atoms with E-state index in [1.54, 1.807) is 0 Å². The Morgan fingerprint density at radius 3 is 1.14 bits per heavy atom. The Kier molecular flexibility index (Phi) is 7.98. The third-order valence-electron chi connectivity index (χ3n) is 0.167. The van der Waals surface area contributed by atoms with E-state index in [-0.39, 0.29) is 68.9 Å². The summed E-state index contributed by atoms with van der Waals surface area (Å²) in [6.07, 6.45) is 0. The van der Waals surface area contributed by atoms with Crippen molar-refractivity contribution < 1.29 is 88.7 Å². The Bertz CT molecular complexity index is 75.7. The smallest absolute Gasteiger partial charge is 0.543 e. The molecular formula is C2CsO4-. The summed E-state index contributed by atoms with van der Waals surface area (Å²) in [5.41, 5.74) is 0. The number of hydrogen-bond donors (Lipinski definition) is 0. The molecule has 0 aromatic heterocycles. The first-order valence-corrected chi connectivity index (χ1v) is 1.07. The van der Waals surface area contributed by atoms with Gasteiger partial charge in [-0.25, -0.2) is 0 Å². The average Bonchev–Trinajstić information content (AvgIpc) is 1.36. The molecule has 0 aliphatic heterocycles. The minimum Gasteiger partial charge on any atom is -0.543 e. The predicted molar refractivity (Wildman–Crippen MR) is 10.0 cm³/mol. The molecule has 0 rings (SSSR count). The van der Waals surface area contributed by atoms with Crippen LogP contribution in [0.15, 0.2) is 0 Å². The number of aliphatic carboxylic acids is 2. The molecule has 0 unspecified atom stereocenters. The maximum Gasteiger partial charge on any atom is 1.00 e. The van der Waals surface area contributed by atoms with Crippen LogP contribution in [0.2, 0.25) is 0 Å². The van der Waals surface area contributed by atoms with Gasteiger partial charge in [-0.1, -0.05) is 0 Å². The van der Waals surface area contributed by atoms with E-state index in [9.17, 15) is 0 Å². The van der Waals surface area contributed by atoms with Crippen molar-refractivity contribution in [1.82, 2.24) is 0 Å². The van der Waals surface area contributed by atoms with Crippen LogP contribution in [0, 0.1) is 0 Å². The molecule has 0 amide bonds. The molecule has 0 spiro atoms.